The summed E-state index contributed by atoms with van der Waals surface area (Å²) in [4.78, 5) is 0. The highest BCUT2D eigenvalue weighted by Crippen LogP contribution is 2.19. The second-order valence-electron chi connectivity index (χ2n) is 4.59. The van der Waals surface area contributed by atoms with E-state index in [-0.39, 0.29) is 12.4 Å². The van der Waals surface area contributed by atoms with Gasteiger partial charge < -0.3 is 15.2 Å². The van der Waals surface area contributed by atoms with Gasteiger partial charge in [0, 0.05) is 18.7 Å². The van der Waals surface area contributed by atoms with Crippen LogP contribution < -0.4 is 10.1 Å². The summed E-state index contributed by atoms with van der Waals surface area (Å²) >= 11 is 0. The predicted octanol–water partition coefficient (Wildman–Crippen LogP) is 2.79. The van der Waals surface area contributed by atoms with Gasteiger partial charge in [0.25, 0.3) is 0 Å². The molecule has 0 aromatic heterocycles. The Balaban J connectivity index is 2.32. The SMILES string of the molecule is CC(CO)CCCNCc1ccccc1OC(F)F. The van der Waals surface area contributed by atoms with Crippen LogP contribution in [-0.4, -0.2) is 24.9 Å². The highest BCUT2D eigenvalue weighted by Gasteiger charge is 2.08. The van der Waals surface area contributed by atoms with Crippen LogP contribution >= 0.6 is 0 Å². The first kappa shape index (κ1) is 15.9. The fraction of sp³-hybridized carbons (Fsp3) is 0.571. The van der Waals surface area contributed by atoms with Crippen LogP contribution in [0, 0.1) is 5.92 Å². The lowest BCUT2D eigenvalue weighted by Gasteiger charge is -2.12. The van der Waals surface area contributed by atoms with E-state index in [1.165, 1.54) is 6.07 Å². The minimum Gasteiger partial charge on any atom is -0.434 e. The van der Waals surface area contributed by atoms with E-state index in [2.05, 4.69) is 10.1 Å². The summed E-state index contributed by atoms with van der Waals surface area (Å²) in [5.74, 6) is 0.518. The van der Waals surface area contributed by atoms with E-state index in [4.69, 9.17) is 5.11 Å². The van der Waals surface area contributed by atoms with Crippen molar-refractivity contribution in [3.8, 4) is 5.75 Å². The molecule has 2 N–H and O–H groups in total. The van der Waals surface area contributed by atoms with Crippen molar-refractivity contribution in [2.75, 3.05) is 13.2 Å². The van der Waals surface area contributed by atoms with Gasteiger partial charge in [0.1, 0.15) is 5.75 Å². The van der Waals surface area contributed by atoms with Crippen molar-refractivity contribution in [3.63, 3.8) is 0 Å². The third kappa shape index (κ3) is 6.50. The summed E-state index contributed by atoms with van der Waals surface area (Å²) in [6.07, 6.45) is 1.89. The molecular weight excluding hydrogens is 252 g/mol. The molecule has 0 aliphatic carbocycles. The molecule has 0 saturated heterocycles. The van der Waals surface area contributed by atoms with Gasteiger partial charge in [-0.1, -0.05) is 25.1 Å². The van der Waals surface area contributed by atoms with E-state index in [0.29, 0.717) is 12.5 Å². The zero-order valence-electron chi connectivity index (χ0n) is 11.1. The van der Waals surface area contributed by atoms with Crippen LogP contribution in [0.25, 0.3) is 0 Å². The van der Waals surface area contributed by atoms with Gasteiger partial charge in [-0.15, -0.1) is 0 Å². The van der Waals surface area contributed by atoms with E-state index >= 15 is 0 Å². The number of aliphatic hydroxyl groups excluding tert-OH is 1. The van der Waals surface area contributed by atoms with E-state index in [1.807, 2.05) is 6.92 Å². The monoisotopic (exact) mass is 273 g/mol. The molecule has 3 nitrogen and oxygen atoms in total. The maximum Gasteiger partial charge on any atom is 0.387 e. The Hall–Kier alpha value is -1.20. The molecule has 1 unspecified atom stereocenters. The van der Waals surface area contributed by atoms with Crippen molar-refractivity contribution in [1.82, 2.24) is 5.32 Å². The van der Waals surface area contributed by atoms with E-state index < -0.39 is 6.61 Å². The first-order chi connectivity index (χ1) is 9.13. The van der Waals surface area contributed by atoms with Crippen molar-refractivity contribution in [2.45, 2.75) is 32.9 Å². The number of rotatable bonds is 9. The number of ether oxygens (including phenoxy) is 1. The Labute approximate surface area is 112 Å². The van der Waals surface area contributed by atoms with Crippen molar-refractivity contribution < 1.29 is 18.6 Å². The van der Waals surface area contributed by atoms with Gasteiger partial charge in [-0.2, -0.15) is 8.78 Å². The fourth-order valence-corrected chi connectivity index (χ4v) is 1.75. The lowest BCUT2D eigenvalue weighted by atomic mass is 10.1. The van der Waals surface area contributed by atoms with Crippen LogP contribution in [0.3, 0.4) is 0 Å². The summed E-state index contributed by atoms with van der Waals surface area (Å²) < 4.78 is 28.9. The summed E-state index contributed by atoms with van der Waals surface area (Å²) in [7, 11) is 0. The molecule has 0 amide bonds. The Bertz CT molecular complexity index is 361. The molecule has 1 aromatic carbocycles. The zero-order chi connectivity index (χ0) is 14.1. The Kier molecular flexibility index (Phi) is 7.36. The van der Waals surface area contributed by atoms with Gasteiger partial charge in [0.05, 0.1) is 0 Å². The number of alkyl halides is 2. The smallest absolute Gasteiger partial charge is 0.387 e. The predicted molar refractivity (Wildman–Crippen MR) is 70.3 cm³/mol. The van der Waals surface area contributed by atoms with Gasteiger partial charge in [0.2, 0.25) is 0 Å². The Morgan fingerprint density at radius 3 is 2.74 bits per heavy atom. The van der Waals surface area contributed by atoms with Gasteiger partial charge >= 0.3 is 6.61 Å². The third-order valence-corrected chi connectivity index (χ3v) is 2.87. The summed E-state index contributed by atoms with van der Waals surface area (Å²) in [6.45, 7) is 0.673. The molecule has 0 bridgehead atoms. The maximum absolute atomic E-state index is 12.2. The van der Waals surface area contributed by atoms with Crippen molar-refractivity contribution in [3.05, 3.63) is 29.8 Å². The summed E-state index contributed by atoms with van der Waals surface area (Å²) in [5, 5.41) is 12.1. The summed E-state index contributed by atoms with van der Waals surface area (Å²) in [5.41, 5.74) is 0.720. The second-order valence-corrected chi connectivity index (χ2v) is 4.59. The minimum absolute atomic E-state index is 0.199. The largest absolute Gasteiger partial charge is 0.434 e. The topological polar surface area (TPSA) is 41.5 Å². The van der Waals surface area contributed by atoms with Crippen LogP contribution in [0.2, 0.25) is 0 Å². The fourth-order valence-electron chi connectivity index (χ4n) is 1.75. The normalized spacial score (nSPS) is 12.7. The number of hydrogen-bond acceptors (Lipinski definition) is 3. The van der Waals surface area contributed by atoms with Gasteiger partial charge in [-0.25, -0.2) is 0 Å². The molecule has 0 aliphatic rings. The van der Waals surface area contributed by atoms with Crippen molar-refractivity contribution in [1.29, 1.82) is 0 Å². The molecule has 0 heterocycles. The van der Waals surface area contributed by atoms with Crippen LogP contribution in [0.4, 0.5) is 8.78 Å². The van der Waals surface area contributed by atoms with Gasteiger partial charge in [-0.3, -0.25) is 0 Å². The van der Waals surface area contributed by atoms with E-state index in [1.54, 1.807) is 18.2 Å². The molecule has 1 rings (SSSR count). The number of para-hydroxylation sites is 1. The highest BCUT2D eigenvalue weighted by atomic mass is 19.3. The van der Waals surface area contributed by atoms with Crippen LogP contribution in [0.1, 0.15) is 25.3 Å². The first-order valence-corrected chi connectivity index (χ1v) is 6.47. The molecule has 108 valence electrons. The number of hydrogen-bond donors (Lipinski definition) is 2. The Morgan fingerprint density at radius 1 is 1.32 bits per heavy atom. The number of aliphatic hydroxyl groups is 1. The number of nitrogens with one attached hydrogen (secondary N) is 1. The lowest BCUT2D eigenvalue weighted by molar-refractivity contribution is -0.0504. The number of benzene rings is 1. The molecule has 1 atom stereocenters. The lowest BCUT2D eigenvalue weighted by Crippen LogP contribution is -2.17. The zero-order valence-corrected chi connectivity index (χ0v) is 11.1. The van der Waals surface area contributed by atoms with Crippen LogP contribution in [-0.2, 0) is 6.54 Å². The molecule has 0 saturated carbocycles. The van der Waals surface area contributed by atoms with Crippen molar-refractivity contribution >= 4 is 0 Å². The average molecular weight is 273 g/mol. The molecule has 0 radical (unpaired) electrons. The van der Waals surface area contributed by atoms with Gasteiger partial charge in [0.15, 0.2) is 0 Å². The molecule has 0 aliphatic heterocycles. The minimum atomic E-state index is -2.80. The third-order valence-electron chi connectivity index (χ3n) is 2.87. The number of halogens is 2. The first-order valence-electron chi connectivity index (χ1n) is 6.47. The standard InChI is InChI=1S/C14H21F2NO2/c1-11(10-18)5-4-8-17-9-12-6-2-3-7-13(12)19-14(15)16/h2-3,6-7,11,14,17-18H,4-5,8-10H2,1H3. The molecule has 0 fully saturated rings. The second kappa shape index (κ2) is 8.82. The molecule has 5 heteroatoms. The molecule has 0 spiro atoms. The summed E-state index contributed by atoms with van der Waals surface area (Å²) in [6, 6.07) is 6.77. The van der Waals surface area contributed by atoms with Crippen molar-refractivity contribution in [2.24, 2.45) is 5.92 Å². The van der Waals surface area contributed by atoms with E-state index in [0.717, 1.165) is 24.9 Å². The van der Waals surface area contributed by atoms with Crippen LogP contribution in [0.15, 0.2) is 24.3 Å². The van der Waals surface area contributed by atoms with Crippen LogP contribution in [0.5, 0.6) is 5.75 Å². The highest BCUT2D eigenvalue weighted by molar-refractivity contribution is 5.33. The molecule has 1 aromatic rings. The quantitative estimate of drug-likeness (QED) is 0.680. The Morgan fingerprint density at radius 2 is 2.05 bits per heavy atom. The molecule has 19 heavy (non-hydrogen) atoms. The van der Waals surface area contributed by atoms with Gasteiger partial charge in [-0.05, 0) is 31.4 Å². The average Bonchev–Trinajstić information content (AvgIpc) is 2.39. The van der Waals surface area contributed by atoms with E-state index in [9.17, 15) is 8.78 Å². The molecular formula is C14H21F2NO2. The maximum atomic E-state index is 12.2.